The monoisotopic (exact) mass is 453 g/mol. The molecule has 1 N–H and O–H groups in total. The molecule has 0 spiro atoms. The van der Waals surface area contributed by atoms with Crippen molar-refractivity contribution in [1.29, 1.82) is 0 Å². The molecule has 0 radical (unpaired) electrons. The Labute approximate surface area is 185 Å². The zero-order chi connectivity index (χ0) is 20.8. The van der Waals surface area contributed by atoms with Crippen LogP contribution in [0.1, 0.15) is 18.4 Å². The van der Waals surface area contributed by atoms with E-state index in [-0.39, 0.29) is 11.9 Å². The van der Waals surface area contributed by atoms with Crippen molar-refractivity contribution < 1.29 is 9.59 Å². The third-order valence-electron chi connectivity index (χ3n) is 4.85. The normalized spacial score (nSPS) is 14.4. The minimum absolute atomic E-state index is 0.0657. The maximum Gasteiger partial charge on any atom is 0.321 e. The zero-order valence-electron chi connectivity index (χ0n) is 15.8. The van der Waals surface area contributed by atoms with Gasteiger partial charge in [0.2, 0.25) is 5.91 Å². The van der Waals surface area contributed by atoms with Crippen molar-refractivity contribution in [1.82, 2.24) is 9.80 Å². The Bertz CT molecular complexity index is 874. The topological polar surface area (TPSA) is 52.7 Å². The molecular weight excluding hydrogens is 433 g/mol. The van der Waals surface area contributed by atoms with Crippen LogP contribution in [0.15, 0.2) is 42.5 Å². The summed E-state index contributed by atoms with van der Waals surface area (Å²) in [5.41, 5.74) is 1.60. The van der Waals surface area contributed by atoms with Gasteiger partial charge < -0.3 is 15.1 Å². The van der Waals surface area contributed by atoms with Crippen LogP contribution in [0.3, 0.4) is 0 Å². The molecule has 0 bridgehead atoms. The Morgan fingerprint density at radius 3 is 2.24 bits per heavy atom. The standard InChI is InChI=1S/C21H22Cl3N3O2/c22-16-5-7-18(8-6-16)25-21(29)27-11-1-10-26(12-13-27)20(28)9-3-15-2-4-17(23)14-19(15)24/h2,4-8,14H,1,3,9-13H2,(H,25,29). The Morgan fingerprint density at radius 1 is 0.862 bits per heavy atom. The molecule has 8 heteroatoms. The quantitative estimate of drug-likeness (QED) is 0.677. The molecule has 5 nitrogen and oxygen atoms in total. The minimum atomic E-state index is -0.172. The molecule has 2 aromatic carbocycles. The van der Waals surface area contributed by atoms with Crippen LogP contribution in [0.5, 0.6) is 0 Å². The number of carbonyl (C=O) groups excluding carboxylic acids is 2. The van der Waals surface area contributed by atoms with Gasteiger partial charge in [-0.05, 0) is 54.8 Å². The lowest BCUT2D eigenvalue weighted by Crippen LogP contribution is -2.39. The molecule has 2 aromatic rings. The van der Waals surface area contributed by atoms with Gasteiger partial charge in [-0.1, -0.05) is 40.9 Å². The number of aryl methyl sites for hydroxylation is 1. The Balaban J connectivity index is 1.50. The lowest BCUT2D eigenvalue weighted by Gasteiger charge is -2.22. The summed E-state index contributed by atoms with van der Waals surface area (Å²) in [5.74, 6) is 0.0657. The van der Waals surface area contributed by atoms with E-state index in [0.717, 1.165) is 12.0 Å². The van der Waals surface area contributed by atoms with Gasteiger partial charge in [0.1, 0.15) is 0 Å². The molecule has 3 rings (SSSR count). The second-order valence-electron chi connectivity index (χ2n) is 6.89. The van der Waals surface area contributed by atoms with Crippen molar-refractivity contribution in [2.24, 2.45) is 0 Å². The highest BCUT2D eigenvalue weighted by Crippen LogP contribution is 2.22. The fourth-order valence-corrected chi connectivity index (χ4v) is 3.86. The maximum absolute atomic E-state index is 12.6. The van der Waals surface area contributed by atoms with Crippen LogP contribution < -0.4 is 5.32 Å². The van der Waals surface area contributed by atoms with Crippen molar-refractivity contribution >= 4 is 52.4 Å². The van der Waals surface area contributed by atoms with Gasteiger partial charge in [0.25, 0.3) is 0 Å². The first-order chi connectivity index (χ1) is 13.9. The van der Waals surface area contributed by atoms with Gasteiger partial charge in [-0.15, -0.1) is 0 Å². The first-order valence-electron chi connectivity index (χ1n) is 9.45. The number of hydrogen-bond acceptors (Lipinski definition) is 2. The highest BCUT2D eigenvalue weighted by atomic mass is 35.5. The van der Waals surface area contributed by atoms with Gasteiger partial charge >= 0.3 is 6.03 Å². The first kappa shape index (κ1) is 21.8. The molecular formula is C21H22Cl3N3O2. The summed E-state index contributed by atoms with van der Waals surface area (Å²) in [5, 5.41) is 4.64. The Kier molecular flexibility index (Phi) is 7.64. The van der Waals surface area contributed by atoms with Crippen LogP contribution in [0.25, 0.3) is 0 Å². The molecule has 0 aliphatic carbocycles. The maximum atomic E-state index is 12.6. The highest BCUT2D eigenvalue weighted by molar-refractivity contribution is 6.35. The van der Waals surface area contributed by atoms with E-state index < -0.39 is 0 Å². The molecule has 1 fully saturated rings. The van der Waals surface area contributed by atoms with E-state index in [0.29, 0.717) is 59.8 Å². The van der Waals surface area contributed by atoms with Crippen molar-refractivity contribution in [3.8, 4) is 0 Å². The fourth-order valence-electron chi connectivity index (χ4n) is 3.23. The first-order valence-corrected chi connectivity index (χ1v) is 10.6. The van der Waals surface area contributed by atoms with E-state index in [2.05, 4.69) is 5.32 Å². The van der Waals surface area contributed by atoms with Crippen LogP contribution in [0.2, 0.25) is 15.1 Å². The predicted molar refractivity (Wildman–Crippen MR) is 118 cm³/mol. The third kappa shape index (κ3) is 6.26. The largest absolute Gasteiger partial charge is 0.341 e. The SMILES string of the molecule is O=C(CCc1ccc(Cl)cc1Cl)N1CCCN(C(=O)Nc2ccc(Cl)cc2)CC1. The number of benzene rings is 2. The van der Waals surface area contributed by atoms with Crippen LogP contribution in [0.4, 0.5) is 10.5 Å². The van der Waals surface area contributed by atoms with E-state index in [1.54, 1.807) is 41.3 Å². The van der Waals surface area contributed by atoms with Gasteiger partial charge in [-0.2, -0.15) is 0 Å². The molecule has 1 heterocycles. The van der Waals surface area contributed by atoms with Gasteiger partial charge in [-0.25, -0.2) is 4.79 Å². The van der Waals surface area contributed by atoms with Gasteiger partial charge in [0.15, 0.2) is 0 Å². The fraction of sp³-hybridized carbons (Fsp3) is 0.333. The Hall–Kier alpha value is -1.95. The van der Waals surface area contributed by atoms with E-state index in [1.807, 2.05) is 11.0 Å². The molecule has 0 saturated carbocycles. The molecule has 0 unspecified atom stereocenters. The summed E-state index contributed by atoms with van der Waals surface area (Å²) >= 11 is 18.0. The highest BCUT2D eigenvalue weighted by Gasteiger charge is 2.22. The average Bonchev–Trinajstić information content (AvgIpc) is 2.95. The number of hydrogen-bond donors (Lipinski definition) is 1. The number of amides is 3. The molecule has 0 aromatic heterocycles. The summed E-state index contributed by atoms with van der Waals surface area (Å²) in [6, 6.07) is 12.1. The molecule has 1 aliphatic heterocycles. The van der Waals surface area contributed by atoms with E-state index in [9.17, 15) is 9.59 Å². The van der Waals surface area contributed by atoms with E-state index in [1.165, 1.54) is 0 Å². The van der Waals surface area contributed by atoms with Crippen LogP contribution in [0, 0.1) is 0 Å². The number of anilines is 1. The summed E-state index contributed by atoms with van der Waals surface area (Å²) in [7, 11) is 0. The van der Waals surface area contributed by atoms with Crippen molar-refractivity contribution in [3.63, 3.8) is 0 Å². The van der Waals surface area contributed by atoms with E-state index >= 15 is 0 Å². The zero-order valence-corrected chi connectivity index (χ0v) is 18.1. The summed E-state index contributed by atoms with van der Waals surface area (Å²) in [6.45, 7) is 2.25. The minimum Gasteiger partial charge on any atom is -0.341 e. The molecule has 29 heavy (non-hydrogen) atoms. The molecule has 1 aliphatic rings. The third-order valence-corrected chi connectivity index (χ3v) is 5.69. The van der Waals surface area contributed by atoms with Gasteiger partial charge in [-0.3, -0.25) is 4.79 Å². The van der Waals surface area contributed by atoms with Crippen LogP contribution in [-0.2, 0) is 11.2 Å². The predicted octanol–water partition coefficient (Wildman–Crippen LogP) is 5.35. The van der Waals surface area contributed by atoms with Crippen molar-refractivity contribution in [2.75, 3.05) is 31.5 Å². The molecule has 3 amide bonds. The summed E-state index contributed by atoms with van der Waals surface area (Å²) < 4.78 is 0. The van der Waals surface area contributed by atoms with Crippen LogP contribution >= 0.6 is 34.8 Å². The number of rotatable bonds is 4. The van der Waals surface area contributed by atoms with Crippen molar-refractivity contribution in [3.05, 3.63) is 63.1 Å². The van der Waals surface area contributed by atoms with Crippen molar-refractivity contribution in [2.45, 2.75) is 19.3 Å². The van der Waals surface area contributed by atoms with Gasteiger partial charge in [0, 0.05) is 53.4 Å². The lowest BCUT2D eigenvalue weighted by molar-refractivity contribution is -0.131. The van der Waals surface area contributed by atoms with Crippen LogP contribution in [-0.4, -0.2) is 47.9 Å². The van der Waals surface area contributed by atoms with Gasteiger partial charge in [0.05, 0.1) is 0 Å². The number of nitrogens with zero attached hydrogens (tertiary/aromatic N) is 2. The number of urea groups is 1. The average molecular weight is 455 g/mol. The number of nitrogens with one attached hydrogen (secondary N) is 1. The molecule has 0 atom stereocenters. The van der Waals surface area contributed by atoms with E-state index in [4.69, 9.17) is 34.8 Å². The number of halogens is 3. The number of carbonyl (C=O) groups is 2. The molecule has 1 saturated heterocycles. The molecule has 154 valence electrons. The summed E-state index contributed by atoms with van der Waals surface area (Å²) in [4.78, 5) is 28.7. The smallest absolute Gasteiger partial charge is 0.321 e. The second kappa shape index (κ2) is 10.2. The lowest BCUT2D eigenvalue weighted by atomic mass is 10.1. The second-order valence-corrected chi connectivity index (χ2v) is 8.17. The summed E-state index contributed by atoms with van der Waals surface area (Å²) in [6.07, 6.45) is 1.67. The Morgan fingerprint density at radius 2 is 1.52 bits per heavy atom.